The normalized spacial score (nSPS) is 14.3. The minimum absolute atomic E-state index is 0.0373. The second kappa shape index (κ2) is 5.61. The standard InChI is InChI=1S/C14H15N3O3/c1-16(12-4-2-3-10(5-12)7-15)14(20)17-8-11(9-17)6-13(18)19/h2-5,11H,6,8-9H2,1H3,(H,18,19). The van der Waals surface area contributed by atoms with Gasteiger partial charge in [0.05, 0.1) is 18.1 Å². The van der Waals surface area contributed by atoms with E-state index in [9.17, 15) is 9.59 Å². The Morgan fingerprint density at radius 3 is 2.80 bits per heavy atom. The fourth-order valence-corrected chi connectivity index (χ4v) is 2.21. The number of hydrogen-bond donors (Lipinski definition) is 1. The van der Waals surface area contributed by atoms with Gasteiger partial charge in [0, 0.05) is 31.7 Å². The maximum absolute atomic E-state index is 12.2. The Balaban J connectivity index is 1.97. The molecular formula is C14H15N3O3. The van der Waals surface area contributed by atoms with Gasteiger partial charge in [0.2, 0.25) is 0 Å². The van der Waals surface area contributed by atoms with Crippen LogP contribution in [-0.2, 0) is 4.79 Å². The van der Waals surface area contributed by atoms with Gasteiger partial charge in [-0.2, -0.15) is 5.26 Å². The van der Waals surface area contributed by atoms with Gasteiger partial charge < -0.3 is 10.0 Å². The van der Waals surface area contributed by atoms with Crippen molar-refractivity contribution < 1.29 is 14.7 Å². The Morgan fingerprint density at radius 2 is 2.20 bits per heavy atom. The topological polar surface area (TPSA) is 84.6 Å². The molecule has 1 aliphatic heterocycles. The van der Waals surface area contributed by atoms with Crippen molar-refractivity contribution in [1.29, 1.82) is 5.26 Å². The molecule has 0 aliphatic carbocycles. The van der Waals surface area contributed by atoms with Crippen molar-refractivity contribution >= 4 is 17.7 Å². The number of carbonyl (C=O) groups is 2. The highest BCUT2D eigenvalue weighted by atomic mass is 16.4. The van der Waals surface area contributed by atoms with Gasteiger partial charge >= 0.3 is 12.0 Å². The fraction of sp³-hybridized carbons (Fsp3) is 0.357. The van der Waals surface area contributed by atoms with Crippen molar-refractivity contribution in [3.05, 3.63) is 29.8 Å². The van der Waals surface area contributed by atoms with E-state index in [1.165, 1.54) is 4.90 Å². The van der Waals surface area contributed by atoms with Crippen LogP contribution < -0.4 is 4.90 Å². The molecule has 1 fully saturated rings. The molecule has 6 heteroatoms. The number of aliphatic carboxylic acids is 1. The van der Waals surface area contributed by atoms with Crippen LogP contribution in [0, 0.1) is 17.2 Å². The molecular weight excluding hydrogens is 258 g/mol. The van der Waals surface area contributed by atoms with Crippen LogP contribution in [0.1, 0.15) is 12.0 Å². The fourth-order valence-electron chi connectivity index (χ4n) is 2.21. The number of amides is 2. The molecule has 104 valence electrons. The van der Waals surface area contributed by atoms with Gasteiger partial charge in [-0.3, -0.25) is 9.69 Å². The highest BCUT2D eigenvalue weighted by Crippen LogP contribution is 2.23. The van der Waals surface area contributed by atoms with Crippen molar-refractivity contribution in [3.63, 3.8) is 0 Å². The quantitative estimate of drug-likeness (QED) is 0.904. The molecule has 0 saturated carbocycles. The van der Waals surface area contributed by atoms with Crippen molar-refractivity contribution in [2.75, 3.05) is 25.0 Å². The summed E-state index contributed by atoms with van der Waals surface area (Å²) < 4.78 is 0. The molecule has 1 N–H and O–H groups in total. The maximum atomic E-state index is 12.2. The molecule has 0 radical (unpaired) electrons. The summed E-state index contributed by atoms with van der Waals surface area (Å²) in [6, 6.07) is 8.65. The third-order valence-corrected chi connectivity index (χ3v) is 3.34. The molecule has 0 atom stereocenters. The van der Waals surface area contributed by atoms with E-state index in [2.05, 4.69) is 0 Å². The third kappa shape index (κ3) is 2.88. The Labute approximate surface area is 116 Å². The minimum atomic E-state index is -0.836. The lowest BCUT2D eigenvalue weighted by atomic mass is 9.97. The first kappa shape index (κ1) is 13.9. The number of carboxylic acid groups (broad SMARTS) is 1. The molecule has 20 heavy (non-hydrogen) atoms. The van der Waals surface area contributed by atoms with Crippen LogP contribution in [0.25, 0.3) is 0 Å². The van der Waals surface area contributed by atoms with Crippen LogP contribution in [-0.4, -0.2) is 42.1 Å². The Hall–Kier alpha value is -2.55. The number of rotatable bonds is 3. The number of hydrogen-bond acceptors (Lipinski definition) is 3. The van der Waals surface area contributed by atoms with E-state index in [1.807, 2.05) is 6.07 Å². The summed E-state index contributed by atoms with van der Waals surface area (Å²) in [5.74, 6) is -0.799. The monoisotopic (exact) mass is 273 g/mol. The zero-order chi connectivity index (χ0) is 14.7. The Kier molecular flexibility index (Phi) is 3.89. The van der Waals surface area contributed by atoms with Gasteiger partial charge in [0.15, 0.2) is 0 Å². The van der Waals surface area contributed by atoms with E-state index in [4.69, 9.17) is 10.4 Å². The summed E-state index contributed by atoms with van der Waals surface area (Å²) in [5.41, 5.74) is 1.14. The smallest absolute Gasteiger partial charge is 0.324 e. The zero-order valence-electron chi connectivity index (χ0n) is 11.1. The molecule has 0 spiro atoms. The molecule has 1 heterocycles. The SMILES string of the molecule is CN(C(=O)N1CC(CC(=O)O)C1)c1cccc(C#N)c1. The average molecular weight is 273 g/mol. The van der Waals surface area contributed by atoms with Crippen molar-refractivity contribution in [3.8, 4) is 6.07 Å². The molecule has 6 nitrogen and oxygen atoms in total. The van der Waals surface area contributed by atoms with E-state index >= 15 is 0 Å². The van der Waals surface area contributed by atoms with Crippen LogP contribution in [0.2, 0.25) is 0 Å². The van der Waals surface area contributed by atoms with Gasteiger partial charge in [0.1, 0.15) is 0 Å². The van der Waals surface area contributed by atoms with E-state index in [0.29, 0.717) is 24.3 Å². The van der Waals surface area contributed by atoms with Crippen molar-refractivity contribution in [2.45, 2.75) is 6.42 Å². The van der Waals surface area contributed by atoms with Crippen molar-refractivity contribution in [2.24, 2.45) is 5.92 Å². The van der Waals surface area contributed by atoms with Crippen LogP contribution in [0.15, 0.2) is 24.3 Å². The maximum Gasteiger partial charge on any atom is 0.324 e. The highest BCUT2D eigenvalue weighted by molar-refractivity contribution is 5.92. The van der Waals surface area contributed by atoms with E-state index in [0.717, 1.165) is 0 Å². The third-order valence-electron chi connectivity index (χ3n) is 3.34. The van der Waals surface area contributed by atoms with Gasteiger partial charge in [-0.05, 0) is 18.2 Å². The first-order valence-corrected chi connectivity index (χ1v) is 6.26. The number of benzene rings is 1. The van der Waals surface area contributed by atoms with E-state index in [1.54, 1.807) is 36.2 Å². The first-order valence-electron chi connectivity index (χ1n) is 6.26. The number of nitriles is 1. The second-order valence-corrected chi connectivity index (χ2v) is 4.87. The molecule has 0 aromatic heterocycles. The molecule has 2 amide bonds. The zero-order valence-corrected chi connectivity index (χ0v) is 11.1. The number of carboxylic acids is 1. The molecule has 0 bridgehead atoms. The summed E-state index contributed by atoms with van der Waals surface area (Å²) in [5, 5.41) is 17.5. The van der Waals surface area contributed by atoms with Crippen molar-refractivity contribution in [1.82, 2.24) is 4.90 Å². The molecule has 2 rings (SSSR count). The predicted octanol–water partition coefficient (Wildman–Crippen LogP) is 1.52. The van der Waals surface area contributed by atoms with Crippen LogP contribution in [0.3, 0.4) is 0 Å². The summed E-state index contributed by atoms with van der Waals surface area (Å²) in [7, 11) is 1.64. The van der Waals surface area contributed by atoms with Crippen LogP contribution in [0.4, 0.5) is 10.5 Å². The van der Waals surface area contributed by atoms with Crippen LogP contribution in [0.5, 0.6) is 0 Å². The van der Waals surface area contributed by atoms with E-state index in [-0.39, 0.29) is 18.4 Å². The number of anilines is 1. The summed E-state index contributed by atoms with van der Waals surface area (Å²) >= 11 is 0. The number of carbonyl (C=O) groups excluding carboxylic acids is 1. The lowest BCUT2D eigenvalue weighted by Crippen LogP contribution is -2.54. The average Bonchev–Trinajstić information content (AvgIpc) is 2.40. The molecule has 0 unspecified atom stereocenters. The Bertz CT molecular complexity index is 573. The van der Waals surface area contributed by atoms with Gasteiger partial charge in [-0.1, -0.05) is 6.07 Å². The lowest BCUT2D eigenvalue weighted by molar-refractivity contribution is -0.139. The summed E-state index contributed by atoms with van der Waals surface area (Å²) in [6.45, 7) is 0.931. The summed E-state index contributed by atoms with van der Waals surface area (Å²) in [6.07, 6.45) is 0.0947. The predicted molar refractivity (Wildman–Crippen MR) is 72.3 cm³/mol. The molecule has 1 aliphatic rings. The summed E-state index contributed by atoms with van der Waals surface area (Å²) in [4.78, 5) is 25.8. The number of nitrogens with zero attached hydrogens (tertiary/aromatic N) is 3. The van der Waals surface area contributed by atoms with Gasteiger partial charge in [-0.25, -0.2) is 4.79 Å². The van der Waals surface area contributed by atoms with Gasteiger partial charge in [-0.15, -0.1) is 0 Å². The molecule has 1 aromatic rings. The molecule has 1 aromatic carbocycles. The minimum Gasteiger partial charge on any atom is -0.481 e. The largest absolute Gasteiger partial charge is 0.481 e. The highest BCUT2D eigenvalue weighted by Gasteiger charge is 2.33. The lowest BCUT2D eigenvalue weighted by Gasteiger charge is -2.40. The Morgan fingerprint density at radius 1 is 1.50 bits per heavy atom. The van der Waals surface area contributed by atoms with Gasteiger partial charge in [0.25, 0.3) is 0 Å². The molecule has 1 saturated heterocycles. The number of urea groups is 1. The van der Waals surface area contributed by atoms with E-state index < -0.39 is 5.97 Å². The first-order chi connectivity index (χ1) is 9.51. The van der Waals surface area contributed by atoms with Crippen LogP contribution >= 0.6 is 0 Å². The number of likely N-dealkylation sites (tertiary alicyclic amines) is 1. The second-order valence-electron chi connectivity index (χ2n) is 4.87.